The molecule has 0 radical (unpaired) electrons. The van der Waals surface area contributed by atoms with Gasteiger partial charge in [-0.15, -0.1) is 0 Å². The maximum atomic E-state index is 12.8. The van der Waals surface area contributed by atoms with Crippen molar-refractivity contribution in [1.82, 2.24) is 5.32 Å². The van der Waals surface area contributed by atoms with Gasteiger partial charge in [0.1, 0.15) is 18.0 Å². The molecule has 0 saturated heterocycles. The summed E-state index contributed by atoms with van der Waals surface area (Å²) in [5.74, 6) is 0.528. The van der Waals surface area contributed by atoms with Crippen molar-refractivity contribution in [2.45, 2.75) is 25.0 Å². The normalized spacial score (nSPS) is 19.0. The Morgan fingerprint density at radius 3 is 2.45 bits per heavy atom. The quantitative estimate of drug-likeness (QED) is 0.684. The van der Waals surface area contributed by atoms with Crippen molar-refractivity contribution in [3.8, 4) is 0 Å². The summed E-state index contributed by atoms with van der Waals surface area (Å²) in [4.78, 5) is 29.8. The lowest BCUT2D eigenvalue weighted by Gasteiger charge is -2.14. The van der Waals surface area contributed by atoms with Gasteiger partial charge in [-0.1, -0.05) is 66.7 Å². The second kappa shape index (κ2) is 7.72. The van der Waals surface area contributed by atoms with Crippen LogP contribution in [0.2, 0.25) is 0 Å². The summed E-state index contributed by atoms with van der Waals surface area (Å²) in [5, 5.41) is 5.71. The highest BCUT2D eigenvalue weighted by Gasteiger charge is 2.48. The van der Waals surface area contributed by atoms with E-state index >= 15 is 0 Å². The molecular weight excluding hydrogens is 390 g/mol. The van der Waals surface area contributed by atoms with E-state index in [4.69, 9.17) is 9.73 Å². The molecule has 1 atom stereocenters. The van der Waals surface area contributed by atoms with E-state index in [0.29, 0.717) is 24.4 Å². The molecule has 2 aliphatic rings. The summed E-state index contributed by atoms with van der Waals surface area (Å²) in [6.45, 7) is 0.206. The number of aliphatic imine (C=N–C) groups is 1. The van der Waals surface area contributed by atoms with Crippen molar-refractivity contribution >= 4 is 23.5 Å². The first kappa shape index (κ1) is 19.1. The highest BCUT2D eigenvalue weighted by molar-refractivity contribution is 6.15. The van der Waals surface area contributed by atoms with E-state index in [1.807, 2.05) is 78.9 Å². The molecule has 1 unspecified atom stereocenters. The maximum Gasteiger partial charge on any atom is 0.411 e. The molecule has 1 spiro atoms. The fourth-order valence-corrected chi connectivity index (χ4v) is 4.10. The summed E-state index contributed by atoms with van der Waals surface area (Å²) in [6, 6.07) is 24.8. The lowest BCUT2D eigenvalue weighted by atomic mass is 9.97. The van der Waals surface area contributed by atoms with Gasteiger partial charge in [-0.3, -0.25) is 15.1 Å². The van der Waals surface area contributed by atoms with Crippen LogP contribution in [0.3, 0.4) is 0 Å². The third-order valence-electron chi connectivity index (χ3n) is 5.66. The van der Waals surface area contributed by atoms with Crippen molar-refractivity contribution in [1.29, 1.82) is 0 Å². The molecule has 31 heavy (non-hydrogen) atoms. The zero-order valence-electron chi connectivity index (χ0n) is 16.8. The van der Waals surface area contributed by atoms with Crippen LogP contribution >= 0.6 is 0 Å². The minimum Gasteiger partial charge on any atom is -0.444 e. The predicted octanol–water partition coefficient (Wildman–Crippen LogP) is 3.85. The monoisotopic (exact) mass is 411 g/mol. The van der Waals surface area contributed by atoms with Gasteiger partial charge in [-0.2, -0.15) is 0 Å². The van der Waals surface area contributed by atoms with Crippen LogP contribution in [0.1, 0.15) is 22.3 Å². The number of ether oxygens (including phenoxy) is 1. The Balaban J connectivity index is 1.28. The number of amides is 2. The molecule has 154 valence electrons. The Labute approximate surface area is 180 Å². The molecule has 2 N–H and O–H groups in total. The number of amidine groups is 1. The van der Waals surface area contributed by atoms with E-state index in [2.05, 4.69) is 10.6 Å². The number of carbonyl (C=O) groups excluding carboxylic acids is 2. The number of anilines is 1. The fourth-order valence-electron chi connectivity index (χ4n) is 4.10. The molecule has 1 aliphatic heterocycles. The number of carbonyl (C=O) groups is 2. The van der Waals surface area contributed by atoms with Gasteiger partial charge in [0.15, 0.2) is 0 Å². The predicted molar refractivity (Wildman–Crippen MR) is 118 cm³/mol. The van der Waals surface area contributed by atoms with Crippen LogP contribution in [0.5, 0.6) is 0 Å². The zero-order chi connectivity index (χ0) is 21.3. The Kier molecular flexibility index (Phi) is 4.75. The Hall–Kier alpha value is -3.93. The lowest BCUT2D eigenvalue weighted by molar-refractivity contribution is -0.123. The minimum atomic E-state index is -0.819. The van der Waals surface area contributed by atoms with E-state index < -0.39 is 11.6 Å². The van der Waals surface area contributed by atoms with Gasteiger partial charge < -0.3 is 10.1 Å². The molecule has 2 amide bonds. The van der Waals surface area contributed by atoms with E-state index in [1.165, 1.54) is 0 Å². The second-order valence-corrected chi connectivity index (χ2v) is 7.84. The molecule has 1 aliphatic carbocycles. The van der Waals surface area contributed by atoms with Crippen LogP contribution in [0.15, 0.2) is 83.9 Å². The Bertz CT molecular complexity index is 1180. The maximum absolute atomic E-state index is 12.8. The third-order valence-corrected chi connectivity index (χ3v) is 5.66. The second-order valence-electron chi connectivity index (χ2n) is 7.84. The van der Waals surface area contributed by atoms with Gasteiger partial charge in [-0.05, 0) is 28.8 Å². The molecule has 0 aromatic heterocycles. The molecule has 0 saturated carbocycles. The van der Waals surface area contributed by atoms with E-state index in [1.54, 1.807) is 0 Å². The van der Waals surface area contributed by atoms with Crippen molar-refractivity contribution in [3.63, 3.8) is 0 Å². The summed E-state index contributed by atoms with van der Waals surface area (Å²) < 4.78 is 5.29. The first-order valence-corrected chi connectivity index (χ1v) is 10.2. The van der Waals surface area contributed by atoms with Crippen LogP contribution in [-0.2, 0) is 29.0 Å². The van der Waals surface area contributed by atoms with Gasteiger partial charge in [0, 0.05) is 24.1 Å². The highest BCUT2D eigenvalue weighted by Crippen LogP contribution is 2.37. The van der Waals surface area contributed by atoms with Gasteiger partial charge in [0.05, 0.1) is 0 Å². The summed E-state index contributed by atoms with van der Waals surface area (Å²) >= 11 is 0. The summed E-state index contributed by atoms with van der Waals surface area (Å²) in [6.07, 6.45) is 0.530. The number of rotatable bonds is 4. The smallest absolute Gasteiger partial charge is 0.411 e. The summed E-state index contributed by atoms with van der Waals surface area (Å²) in [5.41, 5.74) is 3.71. The third kappa shape index (κ3) is 3.80. The van der Waals surface area contributed by atoms with E-state index in [9.17, 15) is 9.59 Å². The number of nitrogens with zero attached hydrogens (tertiary/aromatic N) is 1. The molecule has 6 nitrogen and oxygen atoms in total. The standard InChI is InChI=1S/C25H21N3O3/c29-23-25(28-22(27-23)18-9-5-2-6-10-18)14-19-11-12-21(13-20(19)15-25)26-24(30)31-16-17-7-3-1-4-8-17/h1-13H,14-16H2,(H,26,30)(H,27,28,29). The van der Waals surface area contributed by atoms with E-state index in [-0.39, 0.29) is 12.5 Å². The zero-order valence-corrected chi connectivity index (χ0v) is 16.8. The Morgan fingerprint density at radius 1 is 0.968 bits per heavy atom. The first-order chi connectivity index (χ1) is 15.1. The number of benzene rings is 3. The van der Waals surface area contributed by atoms with Crippen LogP contribution < -0.4 is 10.6 Å². The van der Waals surface area contributed by atoms with Crippen molar-refractivity contribution in [2.24, 2.45) is 4.99 Å². The van der Waals surface area contributed by atoms with Crippen LogP contribution in [0.4, 0.5) is 10.5 Å². The molecule has 3 aromatic rings. The van der Waals surface area contributed by atoms with Crippen molar-refractivity contribution in [2.75, 3.05) is 5.32 Å². The molecule has 0 bridgehead atoms. The number of fused-ring (bicyclic) bond motifs is 1. The largest absolute Gasteiger partial charge is 0.444 e. The number of hydrogen-bond donors (Lipinski definition) is 2. The van der Waals surface area contributed by atoms with E-state index in [0.717, 1.165) is 22.3 Å². The lowest BCUT2D eigenvalue weighted by Crippen LogP contribution is -2.40. The Morgan fingerprint density at radius 2 is 1.68 bits per heavy atom. The van der Waals surface area contributed by atoms with Gasteiger partial charge >= 0.3 is 6.09 Å². The molecular formula is C25H21N3O3. The van der Waals surface area contributed by atoms with Crippen LogP contribution in [-0.4, -0.2) is 23.4 Å². The van der Waals surface area contributed by atoms with Gasteiger partial charge in [0.25, 0.3) is 5.91 Å². The molecule has 6 heteroatoms. The number of nitrogens with one attached hydrogen (secondary N) is 2. The van der Waals surface area contributed by atoms with Crippen molar-refractivity contribution < 1.29 is 14.3 Å². The highest BCUT2D eigenvalue weighted by atomic mass is 16.5. The fraction of sp³-hybridized carbons (Fsp3) is 0.160. The van der Waals surface area contributed by atoms with Crippen LogP contribution in [0.25, 0.3) is 0 Å². The number of hydrogen-bond acceptors (Lipinski definition) is 4. The van der Waals surface area contributed by atoms with Gasteiger partial charge in [-0.25, -0.2) is 4.79 Å². The average molecular weight is 411 g/mol. The molecule has 5 rings (SSSR count). The van der Waals surface area contributed by atoms with Crippen molar-refractivity contribution in [3.05, 3.63) is 101 Å². The average Bonchev–Trinajstić information content (AvgIpc) is 3.32. The molecule has 1 heterocycles. The topological polar surface area (TPSA) is 79.8 Å². The van der Waals surface area contributed by atoms with Crippen LogP contribution in [0, 0.1) is 0 Å². The first-order valence-electron chi connectivity index (χ1n) is 10.2. The minimum absolute atomic E-state index is 0.0840. The SMILES string of the molecule is O=C(Nc1ccc2c(c1)CC1(C2)N=C(c2ccccc2)NC1=O)OCc1ccccc1. The summed E-state index contributed by atoms with van der Waals surface area (Å²) in [7, 11) is 0. The van der Waals surface area contributed by atoms with Gasteiger partial charge in [0.2, 0.25) is 0 Å². The molecule has 3 aromatic carbocycles. The molecule has 0 fully saturated rings.